The van der Waals surface area contributed by atoms with Gasteiger partial charge in [0.2, 0.25) is 12.5 Å². The third-order valence-electron chi connectivity index (χ3n) is 8.81. The van der Waals surface area contributed by atoms with Crippen LogP contribution in [0.2, 0.25) is 0 Å². The van der Waals surface area contributed by atoms with E-state index in [1.54, 1.807) is 32.1 Å². The van der Waals surface area contributed by atoms with Gasteiger partial charge in [0.05, 0.1) is 46.1 Å². The fourth-order valence-corrected chi connectivity index (χ4v) is 6.71. The van der Waals surface area contributed by atoms with Crippen LogP contribution in [0.25, 0.3) is 6.08 Å². The lowest BCUT2D eigenvalue weighted by Gasteiger charge is -2.39. The lowest BCUT2D eigenvalue weighted by molar-refractivity contribution is -0.141. The Balaban J connectivity index is 1.25. The zero-order chi connectivity index (χ0) is 32.7. The van der Waals surface area contributed by atoms with Crippen LogP contribution in [0.1, 0.15) is 46.8 Å². The van der Waals surface area contributed by atoms with E-state index < -0.39 is 11.8 Å². The van der Waals surface area contributed by atoms with Crippen LogP contribution in [0.3, 0.4) is 0 Å². The molecule has 12 nitrogen and oxygen atoms in total. The molecule has 47 heavy (non-hydrogen) atoms. The van der Waals surface area contributed by atoms with Crippen molar-refractivity contribution in [3.05, 3.63) is 88.8 Å². The summed E-state index contributed by atoms with van der Waals surface area (Å²) in [5, 5.41) is 8.91. The zero-order valence-corrected chi connectivity index (χ0v) is 26.3. The van der Waals surface area contributed by atoms with Crippen molar-refractivity contribution in [2.45, 2.75) is 25.5 Å². The molecule has 0 spiro atoms. The second-order valence-corrected chi connectivity index (χ2v) is 11.5. The molecular formula is C35H33N3O9. The average molecular weight is 640 g/mol. The predicted molar refractivity (Wildman–Crippen MR) is 167 cm³/mol. The second kappa shape index (κ2) is 12.3. The van der Waals surface area contributed by atoms with E-state index in [0.717, 1.165) is 22.3 Å². The van der Waals surface area contributed by atoms with Gasteiger partial charge in [0.15, 0.2) is 28.8 Å². The van der Waals surface area contributed by atoms with Crippen LogP contribution in [0.4, 0.5) is 0 Å². The number of fused-ring (bicyclic) bond motifs is 3. The molecule has 1 saturated heterocycles. The van der Waals surface area contributed by atoms with E-state index in [1.807, 2.05) is 54.7 Å². The largest absolute Gasteiger partial charge is 0.493 e. The van der Waals surface area contributed by atoms with Gasteiger partial charge in [0, 0.05) is 11.8 Å². The zero-order valence-electron chi connectivity index (χ0n) is 26.3. The summed E-state index contributed by atoms with van der Waals surface area (Å²) in [5.41, 5.74) is 4.10. The van der Waals surface area contributed by atoms with Crippen LogP contribution in [-0.4, -0.2) is 61.5 Å². The molecule has 3 heterocycles. The number of esters is 1. The van der Waals surface area contributed by atoms with Crippen LogP contribution in [-0.2, 0) is 20.9 Å². The number of ether oxygens (including phenoxy) is 7. The smallest absolute Gasteiger partial charge is 0.310 e. The third-order valence-corrected chi connectivity index (χ3v) is 8.81. The molecule has 4 aromatic rings. The van der Waals surface area contributed by atoms with Gasteiger partial charge in [-0.25, -0.2) is 4.68 Å². The molecule has 1 aliphatic carbocycles. The van der Waals surface area contributed by atoms with Crippen LogP contribution in [0.5, 0.6) is 34.5 Å². The number of aromatic nitrogens is 3. The minimum atomic E-state index is -0.546. The quantitative estimate of drug-likeness (QED) is 0.176. The van der Waals surface area contributed by atoms with Gasteiger partial charge in [0.1, 0.15) is 18.1 Å². The minimum Gasteiger partial charge on any atom is -0.493 e. The number of carbonyl (C=O) groups excluding carboxylic acids is 2. The van der Waals surface area contributed by atoms with Gasteiger partial charge in [-0.1, -0.05) is 23.4 Å². The van der Waals surface area contributed by atoms with Crippen LogP contribution < -0.4 is 28.4 Å². The van der Waals surface area contributed by atoms with Gasteiger partial charge in [-0.05, 0) is 71.7 Å². The molecule has 1 aromatic heterocycles. The number of carbonyl (C=O) groups is 2. The summed E-state index contributed by atoms with van der Waals surface area (Å²) in [4.78, 5) is 24.8. The van der Waals surface area contributed by atoms with Crippen molar-refractivity contribution in [1.29, 1.82) is 0 Å². The molecule has 3 aliphatic rings. The molecule has 12 heteroatoms. The van der Waals surface area contributed by atoms with Gasteiger partial charge < -0.3 is 33.2 Å². The number of hydrogen-bond donors (Lipinski definition) is 0. The number of cyclic esters (lactones) is 1. The number of benzene rings is 3. The SMILES string of the molecule is COc1cc([C@@H]2c3cc4c(cc3[C@@H](n3cc(COc5ccc(/C=C/C(C)=O)cc5)nn3)[C@H]3COC(=O)[C@H]23)OCO4)cc(OC)c1OC. The summed E-state index contributed by atoms with van der Waals surface area (Å²) >= 11 is 0. The van der Waals surface area contributed by atoms with Gasteiger partial charge >= 0.3 is 5.97 Å². The van der Waals surface area contributed by atoms with Crippen molar-refractivity contribution in [2.75, 3.05) is 34.7 Å². The average Bonchev–Trinajstić information content (AvgIpc) is 3.84. The summed E-state index contributed by atoms with van der Waals surface area (Å²) < 4.78 is 42.0. The number of ketones is 1. The standard InChI is InChI=1S/C35H33N3O9/c1-19(39)5-6-20-7-9-23(10-8-20)44-16-22-15-38(37-36-22)33-25-14-28-27(46-18-47-28)13-24(25)31(32-26(33)17-45-35(32)40)21-11-29(41-2)34(43-4)30(12-21)42-3/h5-15,26,31-33H,16-18H2,1-4H3/b6-5+/t26-,31+,32-,33+/m0/s1. The van der Waals surface area contributed by atoms with Crippen molar-refractivity contribution in [3.8, 4) is 34.5 Å². The Bertz CT molecular complexity index is 1840. The van der Waals surface area contributed by atoms with Gasteiger partial charge in [-0.3, -0.25) is 9.59 Å². The number of allylic oxidation sites excluding steroid dienone is 1. The fourth-order valence-electron chi connectivity index (χ4n) is 6.71. The number of rotatable bonds is 10. The van der Waals surface area contributed by atoms with E-state index in [2.05, 4.69) is 10.3 Å². The maximum atomic E-state index is 13.6. The molecule has 7 rings (SSSR count). The molecular weight excluding hydrogens is 606 g/mol. The van der Waals surface area contributed by atoms with Gasteiger partial charge in [-0.15, -0.1) is 5.10 Å². The molecule has 0 unspecified atom stereocenters. The van der Waals surface area contributed by atoms with Gasteiger partial charge in [-0.2, -0.15) is 0 Å². The maximum absolute atomic E-state index is 13.6. The first kappa shape index (κ1) is 30.2. The molecule has 242 valence electrons. The predicted octanol–water partition coefficient (Wildman–Crippen LogP) is 4.74. The normalized spacial score (nSPS) is 20.8. The van der Waals surface area contributed by atoms with Crippen LogP contribution in [0.15, 0.2) is 60.8 Å². The highest BCUT2D eigenvalue weighted by molar-refractivity contribution is 5.91. The van der Waals surface area contributed by atoms with E-state index >= 15 is 0 Å². The highest BCUT2D eigenvalue weighted by Crippen LogP contribution is 2.56. The second-order valence-electron chi connectivity index (χ2n) is 11.5. The Morgan fingerprint density at radius 2 is 1.66 bits per heavy atom. The first-order chi connectivity index (χ1) is 22.9. The van der Waals surface area contributed by atoms with Crippen molar-refractivity contribution in [1.82, 2.24) is 15.0 Å². The molecule has 4 atom stereocenters. The summed E-state index contributed by atoms with van der Waals surface area (Å²) in [6, 6.07) is 14.7. The molecule has 2 aliphatic heterocycles. The van der Waals surface area contributed by atoms with E-state index in [9.17, 15) is 9.59 Å². The molecule has 0 bridgehead atoms. The van der Waals surface area contributed by atoms with Crippen molar-refractivity contribution >= 4 is 17.8 Å². The molecule has 3 aromatic carbocycles. The number of nitrogens with zero attached hydrogens (tertiary/aromatic N) is 3. The minimum absolute atomic E-state index is 0.0178. The molecule has 1 fully saturated rings. The third kappa shape index (κ3) is 5.49. The summed E-state index contributed by atoms with van der Waals surface area (Å²) in [5.74, 6) is 1.74. The number of hydrogen-bond acceptors (Lipinski definition) is 11. The van der Waals surface area contributed by atoms with E-state index in [4.69, 9.17) is 33.2 Å². The Morgan fingerprint density at radius 3 is 2.32 bits per heavy atom. The highest BCUT2D eigenvalue weighted by Gasteiger charge is 2.53. The molecule has 0 saturated carbocycles. The molecule has 0 N–H and O–H groups in total. The first-order valence-electron chi connectivity index (χ1n) is 15.1. The lowest BCUT2D eigenvalue weighted by Crippen LogP contribution is -2.37. The van der Waals surface area contributed by atoms with Crippen molar-refractivity contribution < 1.29 is 42.7 Å². The summed E-state index contributed by atoms with van der Waals surface area (Å²) in [6.07, 6.45) is 5.11. The van der Waals surface area contributed by atoms with Crippen LogP contribution in [0, 0.1) is 11.8 Å². The van der Waals surface area contributed by atoms with Crippen molar-refractivity contribution in [2.24, 2.45) is 11.8 Å². The van der Waals surface area contributed by atoms with E-state index in [1.165, 1.54) is 13.0 Å². The monoisotopic (exact) mass is 639 g/mol. The Morgan fingerprint density at radius 1 is 0.957 bits per heavy atom. The number of methoxy groups -OCH3 is 3. The lowest BCUT2D eigenvalue weighted by atomic mass is 9.65. The topological polar surface area (TPSA) is 129 Å². The Hall–Kier alpha value is -5.52. The van der Waals surface area contributed by atoms with Crippen LogP contribution >= 0.6 is 0 Å². The summed E-state index contributed by atoms with van der Waals surface area (Å²) in [7, 11) is 4.67. The fraction of sp³-hybridized carbons (Fsp3) is 0.314. The highest BCUT2D eigenvalue weighted by atomic mass is 16.7. The van der Waals surface area contributed by atoms with E-state index in [0.29, 0.717) is 40.2 Å². The first-order valence-corrected chi connectivity index (χ1v) is 15.1. The molecule has 0 amide bonds. The molecule has 0 radical (unpaired) electrons. The van der Waals surface area contributed by atoms with Crippen molar-refractivity contribution in [3.63, 3.8) is 0 Å². The van der Waals surface area contributed by atoms with Gasteiger partial charge in [0.25, 0.3) is 0 Å². The Labute approximate surface area is 270 Å². The van der Waals surface area contributed by atoms with E-state index in [-0.39, 0.29) is 43.7 Å². The maximum Gasteiger partial charge on any atom is 0.310 e. The Kier molecular flexibility index (Phi) is 7.92. The summed E-state index contributed by atoms with van der Waals surface area (Å²) in [6.45, 7) is 2.00.